The number of carbonyl (C=O) groups excluding carboxylic acids is 1. The zero-order chi connectivity index (χ0) is 49.2. The molecule has 0 amide bonds. The molecule has 0 saturated heterocycles. The van der Waals surface area contributed by atoms with Gasteiger partial charge in [0.15, 0.2) is 6.29 Å². The number of alkyl halides is 6. The highest BCUT2D eigenvalue weighted by Crippen LogP contribution is 2.42. The lowest BCUT2D eigenvalue weighted by Gasteiger charge is -2.17. The molecule has 2 aromatic heterocycles. The number of carbonyl (C=O) groups is 1. The number of para-hydroxylation sites is 2. The lowest BCUT2D eigenvalue weighted by Crippen LogP contribution is -2.14. The van der Waals surface area contributed by atoms with E-state index in [-0.39, 0.29) is 50.7 Å². The topological polar surface area (TPSA) is 126 Å². The molecule has 0 fully saturated rings. The van der Waals surface area contributed by atoms with Crippen LogP contribution in [-0.2, 0) is 32.0 Å². The number of hydrogen-bond acceptors (Lipinski definition) is 8. The van der Waals surface area contributed by atoms with Crippen LogP contribution in [0, 0.1) is 34.9 Å². The molecule has 1 N–H and O–H groups in total. The van der Waals surface area contributed by atoms with E-state index in [9.17, 15) is 72.2 Å². The number of aromatic nitrogens is 4. The highest BCUT2D eigenvalue weighted by atomic mass is 19.4. The Morgan fingerprint density at radius 3 is 1.38 bits per heavy atom. The van der Waals surface area contributed by atoms with Gasteiger partial charge in [-0.1, -0.05) is 18.2 Å². The SMILES string of the molecule is O=Cc1cccc(C(F)(F)F)c1Oc1ccc2c(c1)c(=O)ncn2Cc1c(F)cc(F)cc1F.O=c1ncn(Cc2c(F)cc(F)cc2F)c2ccc(Oc3c(CO)cccc3C(F)(F)F)cc12. The van der Waals surface area contributed by atoms with Crippen molar-refractivity contribution in [3.05, 3.63) is 199 Å². The van der Waals surface area contributed by atoms with Gasteiger partial charge in [-0.25, -0.2) is 26.3 Å². The van der Waals surface area contributed by atoms with E-state index in [1.807, 2.05) is 0 Å². The maximum Gasteiger partial charge on any atom is 0.420 e. The van der Waals surface area contributed by atoms with E-state index in [0.29, 0.717) is 24.3 Å². The Balaban J connectivity index is 0.000000201. The van der Waals surface area contributed by atoms with Crippen molar-refractivity contribution in [2.24, 2.45) is 0 Å². The molecule has 0 spiro atoms. The van der Waals surface area contributed by atoms with Crippen LogP contribution in [0.15, 0.2) is 119 Å². The summed E-state index contributed by atoms with van der Waals surface area (Å²) in [4.78, 5) is 43.1. The van der Waals surface area contributed by atoms with E-state index >= 15 is 0 Å². The largest absolute Gasteiger partial charge is 0.456 e. The summed E-state index contributed by atoms with van der Waals surface area (Å²) in [5.74, 6) is -8.49. The van der Waals surface area contributed by atoms with Crippen molar-refractivity contribution < 1.29 is 72.1 Å². The molecule has 22 heteroatoms. The molecule has 68 heavy (non-hydrogen) atoms. The minimum absolute atomic E-state index is 0.0991. The van der Waals surface area contributed by atoms with Gasteiger partial charge in [-0.3, -0.25) is 14.4 Å². The Kier molecular flexibility index (Phi) is 13.4. The normalized spacial score (nSPS) is 11.7. The summed E-state index contributed by atoms with van der Waals surface area (Å²) >= 11 is 0. The maximum absolute atomic E-state index is 14.1. The van der Waals surface area contributed by atoms with Crippen LogP contribution in [0.1, 0.15) is 38.2 Å². The van der Waals surface area contributed by atoms with E-state index in [2.05, 4.69) is 9.97 Å². The molecule has 350 valence electrons. The predicted molar refractivity (Wildman–Crippen MR) is 217 cm³/mol. The summed E-state index contributed by atoms with van der Waals surface area (Å²) in [6, 6.07) is 15.4. The Labute approximate surface area is 372 Å². The van der Waals surface area contributed by atoms with E-state index in [0.717, 1.165) is 55.1 Å². The van der Waals surface area contributed by atoms with Gasteiger partial charge in [-0.05, 0) is 54.6 Å². The number of hydrogen-bond donors (Lipinski definition) is 1. The number of aldehydes is 1. The molecule has 0 aliphatic carbocycles. The van der Waals surface area contributed by atoms with Gasteiger partial charge in [-0.2, -0.15) is 36.3 Å². The third kappa shape index (κ3) is 10.2. The third-order valence-corrected chi connectivity index (χ3v) is 10.0. The van der Waals surface area contributed by atoms with Gasteiger partial charge in [0.25, 0.3) is 11.1 Å². The summed E-state index contributed by atoms with van der Waals surface area (Å²) in [6.45, 7) is -1.61. The van der Waals surface area contributed by atoms with Crippen LogP contribution < -0.4 is 20.6 Å². The van der Waals surface area contributed by atoms with Crippen molar-refractivity contribution in [2.75, 3.05) is 0 Å². The Morgan fingerprint density at radius 1 is 0.559 bits per heavy atom. The van der Waals surface area contributed by atoms with Gasteiger partial charge < -0.3 is 23.7 Å². The molecule has 0 saturated carbocycles. The first-order chi connectivity index (χ1) is 32.2. The average Bonchev–Trinajstić information content (AvgIpc) is 3.27. The summed E-state index contributed by atoms with van der Waals surface area (Å²) in [5.41, 5.74) is -5.00. The van der Waals surface area contributed by atoms with Crippen LogP contribution >= 0.6 is 0 Å². The number of ether oxygens (including phenoxy) is 2. The Morgan fingerprint density at radius 2 is 0.971 bits per heavy atom. The smallest absolute Gasteiger partial charge is 0.420 e. The van der Waals surface area contributed by atoms with Crippen LogP contribution in [0.25, 0.3) is 21.8 Å². The summed E-state index contributed by atoms with van der Waals surface area (Å²) in [7, 11) is 0. The molecule has 0 radical (unpaired) electrons. The van der Waals surface area contributed by atoms with Gasteiger partial charge in [-0.15, -0.1) is 0 Å². The average molecular weight is 959 g/mol. The van der Waals surface area contributed by atoms with Crippen molar-refractivity contribution in [2.45, 2.75) is 32.0 Å². The molecule has 0 atom stereocenters. The highest BCUT2D eigenvalue weighted by molar-refractivity contribution is 5.82. The molecular weight excluding hydrogens is 933 g/mol. The van der Waals surface area contributed by atoms with E-state index in [1.54, 1.807) is 0 Å². The molecule has 8 aromatic rings. The van der Waals surface area contributed by atoms with Crippen molar-refractivity contribution >= 4 is 28.1 Å². The number of halogens is 12. The second kappa shape index (κ2) is 19.1. The number of aliphatic hydroxyl groups is 1. The number of fused-ring (bicyclic) bond motifs is 2. The second-order valence-corrected chi connectivity index (χ2v) is 14.4. The van der Waals surface area contributed by atoms with E-state index in [1.165, 1.54) is 39.5 Å². The predicted octanol–water partition coefficient (Wildman–Crippen LogP) is 10.7. The van der Waals surface area contributed by atoms with Crippen LogP contribution in [0.3, 0.4) is 0 Å². The molecular formula is C46H26F12N4O6. The van der Waals surface area contributed by atoms with Crippen molar-refractivity contribution in [3.8, 4) is 23.0 Å². The van der Waals surface area contributed by atoms with Crippen molar-refractivity contribution in [3.63, 3.8) is 0 Å². The lowest BCUT2D eigenvalue weighted by atomic mass is 10.1. The summed E-state index contributed by atoms with van der Waals surface area (Å²) in [6.07, 6.45) is -7.32. The summed E-state index contributed by atoms with van der Waals surface area (Å²) < 4.78 is 176. The zero-order valence-corrected chi connectivity index (χ0v) is 33.9. The fourth-order valence-corrected chi connectivity index (χ4v) is 6.82. The number of nitrogens with zero attached hydrogens (tertiary/aromatic N) is 4. The maximum atomic E-state index is 14.1. The first kappa shape index (κ1) is 47.9. The minimum Gasteiger partial charge on any atom is -0.456 e. The number of aliphatic hydroxyl groups excluding tert-OH is 1. The van der Waals surface area contributed by atoms with E-state index < -0.39 is 112 Å². The van der Waals surface area contributed by atoms with Gasteiger partial charge >= 0.3 is 12.4 Å². The minimum atomic E-state index is -4.82. The standard InChI is InChI=1S/C23H14F6N2O3.C23H12F6N2O3/c2*24-13-6-18(25)16(19(26)7-13)9-31-11-30-22(33)15-8-14(4-5-20(15)31)34-21-12(10-32)2-1-3-17(21)23(27,28)29/h1-8,11,32H,9-10H2;1-8,10-11H,9H2. The third-order valence-electron chi connectivity index (χ3n) is 10.0. The number of rotatable bonds is 10. The zero-order valence-electron chi connectivity index (χ0n) is 33.9. The fraction of sp³-hybridized carbons (Fsp3) is 0.109. The molecule has 2 heterocycles. The number of benzene rings is 6. The van der Waals surface area contributed by atoms with Gasteiger partial charge in [0.05, 0.1) is 70.8 Å². The first-order valence-electron chi connectivity index (χ1n) is 19.2. The monoisotopic (exact) mass is 958 g/mol. The lowest BCUT2D eigenvalue weighted by molar-refractivity contribution is -0.139. The van der Waals surface area contributed by atoms with Crippen LogP contribution in [0.5, 0.6) is 23.0 Å². The highest BCUT2D eigenvalue weighted by Gasteiger charge is 2.37. The molecule has 0 aliphatic heterocycles. The first-order valence-corrected chi connectivity index (χ1v) is 19.2. The van der Waals surface area contributed by atoms with Gasteiger partial charge in [0.1, 0.15) is 57.9 Å². The molecule has 10 nitrogen and oxygen atoms in total. The van der Waals surface area contributed by atoms with Crippen LogP contribution in [-0.4, -0.2) is 30.5 Å². The quantitative estimate of drug-likeness (QED) is 0.106. The van der Waals surface area contributed by atoms with Crippen molar-refractivity contribution in [1.29, 1.82) is 0 Å². The van der Waals surface area contributed by atoms with Gasteiger partial charge in [0.2, 0.25) is 0 Å². The van der Waals surface area contributed by atoms with Crippen LogP contribution in [0.2, 0.25) is 0 Å². The molecule has 0 unspecified atom stereocenters. The summed E-state index contributed by atoms with van der Waals surface area (Å²) in [5, 5.41) is 9.22. The fourth-order valence-electron chi connectivity index (χ4n) is 6.82. The molecule has 0 bridgehead atoms. The Bertz CT molecular complexity index is 3330. The van der Waals surface area contributed by atoms with Gasteiger partial charge in [0, 0.05) is 41.0 Å². The molecule has 0 aliphatic rings. The van der Waals surface area contributed by atoms with Crippen molar-refractivity contribution in [1.82, 2.24) is 19.1 Å². The molecule has 6 aromatic carbocycles. The molecule has 8 rings (SSSR count). The van der Waals surface area contributed by atoms with E-state index in [4.69, 9.17) is 9.47 Å². The Hall–Kier alpha value is -8.01. The van der Waals surface area contributed by atoms with Crippen LogP contribution in [0.4, 0.5) is 52.7 Å². The second-order valence-electron chi connectivity index (χ2n) is 14.4.